The summed E-state index contributed by atoms with van der Waals surface area (Å²) in [6.45, 7) is 2.94. The Hall–Kier alpha value is -2.24. The van der Waals surface area contributed by atoms with Crippen molar-refractivity contribution in [3.63, 3.8) is 0 Å². The Morgan fingerprint density at radius 2 is 2.00 bits per heavy atom. The zero-order valence-electron chi connectivity index (χ0n) is 10.6. The van der Waals surface area contributed by atoms with Crippen molar-refractivity contribution in [1.82, 2.24) is 5.16 Å². The van der Waals surface area contributed by atoms with E-state index in [4.69, 9.17) is 4.52 Å². The van der Waals surface area contributed by atoms with Gasteiger partial charge in [-0.05, 0) is 31.5 Å². The lowest BCUT2D eigenvalue weighted by molar-refractivity contribution is 0.0599. The summed E-state index contributed by atoms with van der Waals surface area (Å²) in [5, 5.41) is 3.72. The van der Waals surface area contributed by atoms with Gasteiger partial charge in [0.05, 0.1) is 7.11 Å². The molecule has 0 spiro atoms. The van der Waals surface area contributed by atoms with Crippen molar-refractivity contribution in [2.75, 3.05) is 7.11 Å². The van der Waals surface area contributed by atoms with Crippen molar-refractivity contribution in [1.29, 1.82) is 0 Å². The highest BCUT2D eigenvalue weighted by Crippen LogP contribution is 2.30. The number of halogens is 2. The Bertz CT molecular complexity index is 650. The van der Waals surface area contributed by atoms with Crippen LogP contribution in [0, 0.1) is 25.5 Å². The van der Waals surface area contributed by atoms with E-state index in [0.29, 0.717) is 0 Å². The van der Waals surface area contributed by atoms with E-state index >= 15 is 0 Å². The fourth-order valence-corrected chi connectivity index (χ4v) is 1.81. The zero-order valence-corrected chi connectivity index (χ0v) is 10.6. The largest absolute Gasteiger partial charge is 0.465 e. The van der Waals surface area contributed by atoms with Crippen molar-refractivity contribution in [3.8, 4) is 11.3 Å². The molecule has 0 aliphatic heterocycles. The van der Waals surface area contributed by atoms with Crippen LogP contribution in [0.2, 0.25) is 0 Å². The average Bonchev–Trinajstić information content (AvgIpc) is 2.77. The SMILES string of the molecule is COC(=O)c1c(-c2ccc(F)c(F)c2C)noc1C. The molecule has 0 aliphatic rings. The first-order valence-electron chi connectivity index (χ1n) is 5.47. The van der Waals surface area contributed by atoms with E-state index < -0.39 is 17.6 Å². The normalized spacial score (nSPS) is 10.6. The molecular weight excluding hydrogens is 256 g/mol. The Morgan fingerprint density at radius 3 is 2.63 bits per heavy atom. The Balaban J connectivity index is 2.67. The molecule has 2 rings (SSSR count). The van der Waals surface area contributed by atoms with Gasteiger partial charge in [0, 0.05) is 5.56 Å². The molecule has 0 saturated heterocycles. The van der Waals surface area contributed by atoms with Gasteiger partial charge < -0.3 is 9.26 Å². The van der Waals surface area contributed by atoms with Gasteiger partial charge in [0.1, 0.15) is 17.0 Å². The maximum absolute atomic E-state index is 13.5. The number of nitrogens with zero attached hydrogens (tertiary/aromatic N) is 1. The minimum Gasteiger partial charge on any atom is -0.465 e. The lowest BCUT2D eigenvalue weighted by atomic mass is 10.0. The predicted molar refractivity (Wildman–Crippen MR) is 62.7 cm³/mol. The van der Waals surface area contributed by atoms with E-state index in [1.54, 1.807) is 0 Å². The monoisotopic (exact) mass is 267 g/mol. The summed E-state index contributed by atoms with van der Waals surface area (Å²) in [6, 6.07) is 2.32. The molecule has 0 amide bonds. The van der Waals surface area contributed by atoms with Gasteiger partial charge in [-0.25, -0.2) is 13.6 Å². The molecule has 0 bridgehead atoms. The predicted octanol–water partition coefficient (Wildman–Crippen LogP) is 3.02. The van der Waals surface area contributed by atoms with Crippen LogP contribution in [0.3, 0.4) is 0 Å². The maximum atomic E-state index is 13.5. The number of carbonyl (C=O) groups excluding carboxylic acids is 1. The van der Waals surface area contributed by atoms with Crippen LogP contribution in [-0.4, -0.2) is 18.2 Å². The van der Waals surface area contributed by atoms with E-state index in [0.717, 1.165) is 6.07 Å². The number of methoxy groups -OCH3 is 1. The zero-order chi connectivity index (χ0) is 14.2. The molecule has 0 N–H and O–H groups in total. The van der Waals surface area contributed by atoms with Gasteiger partial charge in [-0.3, -0.25) is 0 Å². The average molecular weight is 267 g/mol. The highest BCUT2D eigenvalue weighted by Gasteiger charge is 2.24. The fourth-order valence-electron chi connectivity index (χ4n) is 1.81. The van der Waals surface area contributed by atoms with Crippen LogP contribution in [0.4, 0.5) is 8.78 Å². The first-order chi connectivity index (χ1) is 8.97. The van der Waals surface area contributed by atoms with Gasteiger partial charge >= 0.3 is 5.97 Å². The lowest BCUT2D eigenvalue weighted by Gasteiger charge is -2.06. The van der Waals surface area contributed by atoms with Crippen LogP contribution in [0.1, 0.15) is 21.7 Å². The van der Waals surface area contributed by atoms with Crippen molar-refractivity contribution in [3.05, 3.63) is 40.7 Å². The molecule has 2 aromatic rings. The Morgan fingerprint density at radius 1 is 1.32 bits per heavy atom. The summed E-state index contributed by atoms with van der Waals surface area (Å²) in [6.07, 6.45) is 0. The number of hydrogen-bond acceptors (Lipinski definition) is 4. The van der Waals surface area contributed by atoms with Gasteiger partial charge in [-0.2, -0.15) is 0 Å². The van der Waals surface area contributed by atoms with Crippen molar-refractivity contribution < 1.29 is 22.8 Å². The van der Waals surface area contributed by atoms with E-state index in [9.17, 15) is 13.6 Å². The number of rotatable bonds is 2. The number of aromatic nitrogens is 1. The molecule has 0 radical (unpaired) electrons. The molecule has 100 valence electrons. The highest BCUT2D eigenvalue weighted by atomic mass is 19.2. The minimum absolute atomic E-state index is 0.0541. The first-order valence-corrected chi connectivity index (χ1v) is 5.47. The van der Waals surface area contributed by atoms with Crippen molar-refractivity contribution >= 4 is 5.97 Å². The molecule has 0 unspecified atom stereocenters. The van der Waals surface area contributed by atoms with E-state index in [2.05, 4.69) is 9.89 Å². The third-order valence-corrected chi connectivity index (χ3v) is 2.85. The smallest absolute Gasteiger partial charge is 0.343 e. The fraction of sp³-hybridized carbons (Fsp3) is 0.231. The molecule has 0 saturated carbocycles. The molecule has 1 aromatic heterocycles. The van der Waals surface area contributed by atoms with Crippen LogP contribution < -0.4 is 0 Å². The first kappa shape index (κ1) is 13.2. The standard InChI is InChI=1S/C13H11F2NO3/c1-6-8(4-5-9(14)11(6)15)12-10(13(17)18-3)7(2)19-16-12/h4-5H,1-3H3. The van der Waals surface area contributed by atoms with Crippen LogP contribution >= 0.6 is 0 Å². The second kappa shape index (κ2) is 4.79. The summed E-state index contributed by atoms with van der Waals surface area (Å²) in [5.41, 5.74) is 0.590. The van der Waals surface area contributed by atoms with E-state index in [-0.39, 0.29) is 28.1 Å². The second-order valence-corrected chi connectivity index (χ2v) is 3.99. The molecule has 0 fully saturated rings. The third kappa shape index (κ3) is 2.09. The topological polar surface area (TPSA) is 52.3 Å². The minimum atomic E-state index is -0.978. The number of esters is 1. The van der Waals surface area contributed by atoms with Gasteiger partial charge in [-0.1, -0.05) is 5.16 Å². The highest BCUT2D eigenvalue weighted by molar-refractivity contribution is 5.97. The van der Waals surface area contributed by atoms with Crippen molar-refractivity contribution in [2.45, 2.75) is 13.8 Å². The molecular formula is C13H11F2NO3. The molecule has 1 aromatic carbocycles. The Labute approximate surface area is 108 Å². The van der Waals surface area contributed by atoms with Crippen LogP contribution in [0.15, 0.2) is 16.7 Å². The summed E-state index contributed by atoms with van der Waals surface area (Å²) in [5.74, 6) is -2.32. The van der Waals surface area contributed by atoms with Crippen LogP contribution in [0.25, 0.3) is 11.3 Å². The molecule has 0 atom stereocenters. The quantitative estimate of drug-likeness (QED) is 0.785. The summed E-state index contributed by atoms with van der Waals surface area (Å²) in [4.78, 5) is 11.7. The van der Waals surface area contributed by atoms with Gasteiger partial charge in [0.15, 0.2) is 11.6 Å². The van der Waals surface area contributed by atoms with Gasteiger partial charge in [0.2, 0.25) is 0 Å². The Kier molecular flexibility index (Phi) is 3.33. The molecule has 4 nitrogen and oxygen atoms in total. The number of ether oxygens (including phenoxy) is 1. The van der Waals surface area contributed by atoms with Crippen LogP contribution in [0.5, 0.6) is 0 Å². The lowest BCUT2D eigenvalue weighted by Crippen LogP contribution is -2.04. The number of aryl methyl sites for hydroxylation is 1. The second-order valence-electron chi connectivity index (χ2n) is 3.99. The maximum Gasteiger partial charge on any atom is 0.343 e. The van der Waals surface area contributed by atoms with Gasteiger partial charge in [-0.15, -0.1) is 0 Å². The number of hydrogen-bond donors (Lipinski definition) is 0. The van der Waals surface area contributed by atoms with Crippen molar-refractivity contribution in [2.24, 2.45) is 0 Å². The molecule has 0 aliphatic carbocycles. The van der Waals surface area contributed by atoms with Crippen LogP contribution in [-0.2, 0) is 4.74 Å². The third-order valence-electron chi connectivity index (χ3n) is 2.85. The summed E-state index contributed by atoms with van der Waals surface area (Å²) in [7, 11) is 1.22. The molecule has 1 heterocycles. The summed E-state index contributed by atoms with van der Waals surface area (Å²) < 4.78 is 36.2. The van der Waals surface area contributed by atoms with E-state index in [1.807, 2.05) is 0 Å². The van der Waals surface area contributed by atoms with Gasteiger partial charge in [0.25, 0.3) is 0 Å². The summed E-state index contributed by atoms with van der Waals surface area (Å²) >= 11 is 0. The van der Waals surface area contributed by atoms with E-state index in [1.165, 1.54) is 27.0 Å². The molecule has 19 heavy (non-hydrogen) atoms. The number of benzene rings is 1. The molecule has 6 heteroatoms. The number of carbonyl (C=O) groups is 1.